The molecule has 0 radical (unpaired) electrons. The van der Waals surface area contributed by atoms with Crippen molar-refractivity contribution in [3.63, 3.8) is 0 Å². The molecule has 2 aromatic heterocycles. The smallest absolute Gasteiger partial charge is 0.338 e. The summed E-state index contributed by atoms with van der Waals surface area (Å²) in [5, 5.41) is 17.7. The molecule has 0 aliphatic carbocycles. The predicted octanol–water partition coefficient (Wildman–Crippen LogP) is 3.11. The second-order valence-corrected chi connectivity index (χ2v) is 9.18. The quantitative estimate of drug-likeness (QED) is 0.518. The monoisotopic (exact) mass is 478 g/mol. The van der Waals surface area contributed by atoms with E-state index in [9.17, 15) is 14.7 Å². The van der Waals surface area contributed by atoms with Crippen molar-refractivity contribution >= 4 is 23.5 Å². The SMILES string of the molecule is COC(=O)c1ccccc1-c1nc(Nc2cnn(C3CCN(C(=O)C(C)(C)O)CC3)c2)ncc1C. The summed E-state index contributed by atoms with van der Waals surface area (Å²) < 4.78 is 6.80. The third-order valence-corrected chi connectivity index (χ3v) is 6.07. The van der Waals surface area contributed by atoms with Gasteiger partial charge in [-0.3, -0.25) is 9.48 Å². The Bertz CT molecular complexity index is 1220. The number of rotatable bonds is 6. The van der Waals surface area contributed by atoms with Crippen molar-refractivity contribution in [3.8, 4) is 11.3 Å². The van der Waals surface area contributed by atoms with Crippen LogP contribution in [0.3, 0.4) is 0 Å². The molecular weight excluding hydrogens is 448 g/mol. The summed E-state index contributed by atoms with van der Waals surface area (Å²) in [6.45, 7) is 6.06. The van der Waals surface area contributed by atoms with Crippen molar-refractivity contribution in [1.82, 2.24) is 24.6 Å². The molecular formula is C25H30N6O4. The number of hydrogen-bond acceptors (Lipinski definition) is 8. The number of piperidine rings is 1. The first kappa shape index (κ1) is 24.3. The van der Waals surface area contributed by atoms with Gasteiger partial charge in [0.1, 0.15) is 5.60 Å². The average molecular weight is 479 g/mol. The zero-order valence-electron chi connectivity index (χ0n) is 20.4. The van der Waals surface area contributed by atoms with Crippen LogP contribution in [-0.2, 0) is 9.53 Å². The number of carbonyl (C=O) groups is 2. The van der Waals surface area contributed by atoms with Crippen molar-refractivity contribution in [2.75, 3.05) is 25.5 Å². The second-order valence-electron chi connectivity index (χ2n) is 9.18. The Kier molecular flexibility index (Phi) is 6.83. The number of esters is 1. The third kappa shape index (κ3) is 5.32. The molecule has 0 atom stereocenters. The Balaban J connectivity index is 1.48. The number of aryl methyl sites for hydroxylation is 1. The topological polar surface area (TPSA) is 122 Å². The molecule has 4 rings (SSSR count). The minimum absolute atomic E-state index is 0.151. The lowest BCUT2D eigenvalue weighted by Gasteiger charge is -2.35. The second kappa shape index (κ2) is 9.83. The third-order valence-electron chi connectivity index (χ3n) is 6.07. The molecule has 2 N–H and O–H groups in total. The molecule has 10 nitrogen and oxygen atoms in total. The summed E-state index contributed by atoms with van der Waals surface area (Å²) in [6, 6.07) is 7.32. The Labute approximate surface area is 204 Å². The number of aromatic nitrogens is 4. The first-order valence-electron chi connectivity index (χ1n) is 11.5. The molecule has 1 aliphatic heterocycles. The summed E-state index contributed by atoms with van der Waals surface area (Å²) >= 11 is 0. The highest BCUT2D eigenvalue weighted by atomic mass is 16.5. The molecule has 0 spiro atoms. The average Bonchev–Trinajstić information content (AvgIpc) is 3.32. The van der Waals surface area contributed by atoms with Crippen molar-refractivity contribution in [2.45, 2.75) is 45.3 Å². The molecule has 35 heavy (non-hydrogen) atoms. The van der Waals surface area contributed by atoms with E-state index in [2.05, 4.69) is 20.4 Å². The summed E-state index contributed by atoms with van der Waals surface area (Å²) in [5.74, 6) is -0.292. The fraction of sp³-hybridized carbons (Fsp3) is 0.400. The largest absolute Gasteiger partial charge is 0.465 e. The highest BCUT2D eigenvalue weighted by molar-refractivity contribution is 5.97. The number of ether oxygens (including phenoxy) is 1. The Morgan fingerprint density at radius 2 is 1.89 bits per heavy atom. The number of benzene rings is 1. The Morgan fingerprint density at radius 3 is 2.57 bits per heavy atom. The van der Waals surface area contributed by atoms with E-state index in [1.54, 1.807) is 29.4 Å². The molecule has 3 heterocycles. The molecule has 0 unspecified atom stereocenters. The van der Waals surface area contributed by atoms with E-state index >= 15 is 0 Å². The Hall–Kier alpha value is -3.79. The van der Waals surface area contributed by atoms with Crippen molar-refractivity contribution < 1.29 is 19.4 Å². The fourth-order valence-corrected chi connectivity index (χ4v) is 4.20. The van der Waals surface area contributed by atoms with Gasteiger partial charge in [0.2, 0.25) is 5.95 Å². The highest BCUT2D eigenvalue weighted by Gasteiger charge is 2.32. The molecule has 3 aromatic rings. The van der Waals surface area contributed by atoms with Crippen LogP contribution < -0.4 is 5.32 Å². The van der Waals surface area contributed by atoms with Crippen LogP contribution in [0, 0.1) is 6.92 Å². The van der Waals surface area contributed by atoms with E-state index in [-0.39, 0.29) is 11.9 Å². The number of nitrogens with zero attached hydrogens (tertiary/aromatic N) is 5. The van der Waals surface area contributed by atoms with E-state index in [1.807, 2.05) is 29.9 Å². The van der Waals surface area contributed by atoms with Crippen LogP contribution >= 0.6 is 0 Å². The van der Waals surface area contributed by atoms with Gasteiger partial charge < -0.3 is 20.1 Å². The van der Waals surface area contributed by atoms with E-state index in [4.69, 9.17) is 4.74 Å². The van der Waals surface area contributed by atoms with Crippen molar-refractivity contribution in [3.05, 3.63) is 54.0 Å². The molecule has 1 aromatic carbocycles. The summed E-state index contributed by atoms with van der Waals surface area (Å²) in [4.78, 5) is 35.3. The van der Waals surface area contributed by atoms with Gasteiger partial charge in [0.15, 0.2) is 0 Å². The van der Waals surface area contributed by atoms with E-state index < -0.39 is 11.6 Å². The van der Waals surface area contributed by atoms with E-state index in [0.717, 1.165) is 24.1 Å². The number of aliphatic hydroxyl groups is 1. The normalized spacial score (nSPS) is 14.6. The number of carbonyl (C=O) groups excluding carboxylic acids is 2. The van der Waals surface area contributed by atoms with Crippen molar-refractivity contribution in [1.29, 1.82) is 0 Å². The minimum atomic E-state index is -1.36. The molecule has 184 valence electrons. The zero-order chi connectivity index (χ0) is 25.2. The maximum absolute atomic E-state index is 12.3. The number of likely N-dealkylation sites (tertiary alicyclic amines) is 1. The molecule has 1 aliphatic rings. The number of nitrogens with one attached hydrogen (secondary N) is 1. The van der Waals surface area contributed by atoms with Gasteiger partial charge in [-0.1, -0.05) is 18.2 Å². The van der Waals surface area contributed by atoms with Gasteiger partial charge in [0.05, 0.1) is 36.3 Å². The predicted molar refractivity (Wildman–Crippen MR) is 130 cm³/mol. The van der Waals surface area contributed by atoms with Crippen LogP contribution in [0.1, 0.15) is 48.7 Å². The van der Waals surface area contributed by atoms with Gasteiger partial charge in [0, 0.05) is 31.0 Å². The number of anilines is 2. The summed E-state index contributed by atoms with van der Waals surface area (Å²) in [5.41, 5.74) is 1.95. The standard InChI is InChI=1S/C25H30N6O4/c1-16-13-26-24(29-21(16)19-7-5-6-8-20(19)22(32)35-4)28-17-14-27-31(15-17)18-9-11-30(12-10-18)23(33)25(2,3)34/h5-8,13-15,18,34H,9-12H2,1-4H3,(H,26,28,29). The maximum Gasteiger partial charge on any atom is 0.338 e. The molecule has 1 saturated heterocycles. The molecule has 0 saturated carbocycles. The van der Waals surface area contributed by atoms with Crippen LogP contribution in [-0.4, -0.2) is 67.4 Å². The van der Waals surface area contributed by atoms with Gasteiger partial charge in [0.25, 0.3) is 5.91 Å². The van der Waals surface area contributed by atoms with E-state index in [0.29, 0.717) is 35.9 Å². The number of methoxy groups -OCH3 is 1. The Morgan fingerprint density at radius 1 is 1.17 bits per heavy atom. The summed E-state index contributed by atoms with van der Waals surface area (Å²) in [7, 11) is 1.35. The number of hydrogen-bond donors (Lipinski definition) is 2. The van der Waals surface area contributed by atoms with Crippen LogP contribution in [0.4, 0.5) is 11.6 Å². The van der Waals surface area contributed by atoms with Gasteiger partial charge in [-0.25, -0.2) is 14.8 Å². The fourth-order valence-electron chi connectivity index (χ4n) is 4.20. The van der Waals surface area contributed by atoms with Crippen molar-refractivity contribution in [2.24, 2.45) is 0 Å². The van der Waals surface area contributed by atoms with Gasteiger partial charge in [-0.05, 0) is 45.2 Å². The lowest BCUT2D eigenvalue weighted by molar-refractivity contribution is -0.149. The van der Waals surface area contributed by atoms with Gasteiger partial charge in [-0.2, -0.15) is 5.10 Å². The highest BCUT2D eigenvalue weighted by Crippen LogP contribution is 2.28. The molecule has 0 bridgehead atoms. The minimum Gasteiger partial charge on any atom is -0.465 e. The molecule has 10 heteroatoms. The summed E-state index contributed by atoms with van der Waals surface area (Å²) in [6.07, 6.45) is 6.80. The first-order valence-corrected chi connectivity index (χ1v) is 11.5. The van der Waals surface area contributed by atoms with Crippen LogP contribution in [0.25, 0.3) is 11.3 Å². The van der Waals surface area contributed by atoms with Gasteiger partial charge in [-0.15, -0.1) is 0 Å². The molecule has 1 fully saturated rings. The number of amides is 1. The first-order chi connectivity index (χ1) is 16.7. The lowest BCUT2D eigenvalue weighted by atomic mass is 10.0. The van der Waals surface area contributed by atoms with Crippen LogP contribution in [0.2, 0.25) is 0 Å². The van der Waals surface area contributed by atoms with Crippen LogP contribution in [0.15, 0.2) is 42.9 Å². The lowest BCUT2D eigenvalue weighted by Crippen LogP contribution is -2.48. The maximum atomic E-state index is 12.3. The molecule has 1 amide bonds. The van der Waals surface area contributed by atoms with E-state index in [1.165, 1.54) is 21.0 Å². The zero-order valence-corrected chi connectivity index (χ0v) is 20.4. The van der Waals surface area contributed by atoms with Crippen LogP contribution in [0.5, 0.6) is 0 Å². The van der Waals surface area contributed by atoms with Gasteiger partial charge >= 0.3 is 5.97 Å².